The van der Waals surface area contributed by atoms with Crippen molar-refractivity contribution in [3.63, 3.8) is 0 Å². The van der Waals surface area contributed by atoms with Gasteiger partial charge < -0.3 is 15.7 Å². The number of carboxylic acids is 1. The topological polar surface area (TPSA) is 112 Å². The van der Waals surface area contributed by atoms with Gasteiger partial charge in [0.1, 0.15) is 17.6 Å². The van der Waals surface area contributed by atoms with E-state index >= 15 is 0 Å². The molecule has 2 aliphatic rings. The monoisotopic (exact) mass is 506 g/mol. The number of hydrogen-bond donors (Lipinski definition) is 3. The number of carbonyl (C=O) groups excluding carboxylic acids is 2. The second-order valence-corrected chi connectivity index (χ2v) is 10.1. The number of ketones is 1. The number of aromatic nitrogens is 1. The van der Waals surface area contributed by atoms with Crippen molar-refractivity contribution in [2.75, 3.05) is 30.3 Å². The van der Waals surface area contributed by atoms with Crippen LogP contribution in [0.5, 0.6) is 0 Å². The van der Waals surface area contributed by atoms with E-state index in [2.05, 4.69) is 22.8 Å². The number of aliphatic carboxylic acids is 1. The highest BCUT2D eigenvalue weighted by atomic mass is 16.4. The molecule has 0 spiro atoms. The Morgan fingerprint density at radius 3 is 2.68 bits per heavy atom. The fourth-order valence-electron chi connectivity index (χ4n) is 5.37. The number of carboxylic acid groups (broad SMARTS) is 1. The number of Topliss-reactive ketones (excluding diaryl/α,β-unsaturated/α-hetero) is 1. The summed E-state index contributed by atoms with van der Waals surface area (Å²) in [5.41, 5.74) is 3.47. The summed E-state index contributed by atoms with van der Waals surface area (Å²) in [6.45, 7) is 3.81. The molecule has 2 aromatic rings. The number of aryl methyl sites for hydroxylation is 2. The van der Waals surface area contributed by atoms with E-state index in [1.807, 2.05) is 4.90 Å². The smallest absolute Gasteiger partial charge is 0.325 e. The Kier molecular flexibility index (Phi) is 9.28. The number of nitrogens with one attached hydrogen (secondary N) is 2. The van der Waals surface area contributed by atoms with Crippen molar-refractivity contribution in [2.45, 2.75) is 70.8 Å². The van der Waals surface area contributed by atoms with E-state index < -0.39 is 12.0 Å². The van der Waals surface area contributed by atoms with Crippen LogP contribution in [-0.4, -0.2) is 52.3 Å². The van der Waals surface area contributed by atoms with Crippen molar-refractivity contribution >= 4 is 29.2 Å². The van der Waals surface area contributed by atoms with Gasteiger partial charge in [-0.15, -0.1) is 0 Å². The summed E-state index contributed by atoms with van der Waals surface area (Å²) < 4.78 is 0. The molecule has 8 nitrogen and oxygen atoms in total. The molecule has 1 aromatic heterocycles. The lowest BCUT2D eigenvalue weighted by Gasteiger charge is -2.36. The van der Waals surface area contributed by atoms with Gasteiger partial charge in [-0.05, 0) is 75.7 Å². The summed E-state index contributed by atoms with van der Waals surface area (Å²) in [7, 11) is 0. The molecule has 1 fully saturated rings. The summed E-state index contributed by atoms with van der Waals surface area (Å²) >= 11 is 0. The third-order valence-electron chi connectivity index (χ3n) is 7.49. The molecule has 3 heterocycles. The number of likely N-dealkylation sites (tertiary alicyclic amines) is 1. The zero-order valence-corrected chi connectivity index (χ0v) is 21.7. The Morgan fingerprint density at radius 2 is 1.92 bits per heavy atom. The zero-order valence-electron chi connectivity index (χ0n) is 21.7. The molecule has 1 amide bonds. The van der Waals surface area contributed by atoms with Crippen LogP contribution < -0.4 is 10.6 Å². The minimum atomic E-state index is -0.950. The van der Waals surface area contributed by atoms with Gasteiger partial charge in [-0.1, -0.05) is 31.2 Å². The second-order valence-electron chi connectivity index (χ2n) is 10.1. The van der Waals surface area contributed by atoms with Crippen LogP contribution in [-0.2, 0) is 27.2 Å². The van der Waals surface area contributed by atoms with Crippen LogP contribution in [0.2, 0.25) is 0 Å². The molecule has 198 valence electrons. The van der Waals surface area contributed by atoms with Crippen LogP contribution in [0.3, 0.4) is 0 Å². The molecule has 1 atom stereocenters. The van der Waals surface area contributed by atoms with Crippen molar-refractivity contribution in [1.82, 2.24) is 9.88 Å². The van der Waals surface area contributed by atoms with Gasteiger partial charge in [0.2, 0.25) is 5.91 Å². The molecule has 1 saturated heterocycles. The van der Waals surface area contributed by atoms with Crippen LogP contribution >= 0.6 is 0 Å². The fourth-order valence-corrected chi connectivity index (χ4v) is 5.37. The highest BCUT2D eigenvalue weighted by molar-refractivity contribution is 5.92. The first-order valence-corrected chi connectivity index (χ1v) is 13.6. The molecule has 3 N–H and O–H groups in total. The number of rotatable bonds is 11. The molecule has 1 aromatic carbocycles. The number of anilines is 2. The Morgan fingerprint density at radius 1 is 1.14 bits per heavy atom. The molecule has 4 rings (SSSR count). The van der Waals surface area contributed by atoms with Gasteiger partial charge in [0.25, 0.3) is 0 Å². The Hall–Kier alpha value is -3.26. The highest BCUT2D eigenvalue weighted by Crippen LogP contribution is 2.32. The van der Waals surface area contributed by atoms with Crippen LogP contribution in [0.25, 0.3) is 0 Å². The Bertz CT molecular complexity index is 1110. The summed E-state index contributed by atoms with van der Waals surface area (Å²) in [4.78, 5) is 43.7. The first-order chi connectivity index (χ1) is 18.0. The Balaban J connectivity index is 1.26. The van der Waals surface area contributed by atoms with Crippen LogP contribution in [0.1, 0.15) is 74.7 Å². The van der Waals surface area contributed by atoms with Gasteiger partial charge in [0, 0.05) is 42.2 Å². The Labute approximate surface area is 218 Å². The summed E-state index contributed by atoms with van der Waals surface area (Å²) in [6, 6.07) is 10.5. The molecule has 2 aliphatic heterocycles. The van der Waals surface area contributed by atoms with Gasteiger partial charge in [-0.2, -0.15) is 0 Å². The van der Waals surface area contributed by atoms with Crippen molar-refractivity contribution in [1.29, 1.82) is 0 Å². The predicted octanol–water partition coefficient (Wildman–Crippen LogP) is 4.61. The third-order valence-corrected chi connectivity index (χ3v) is 7.49. The zero-order chi connectivity index (χ0) is 26.2. The number of para-hydroxylation sites is 1. The van der Waals surface area contributed by atoms with Crippen molar-refractivity contribution < 1.29 is 19.5 Å². The first-order valence-electron chi connectivity index (χ1n) is 13.6. The number of pyridine rings is 1. The van der Waals surface area contributed by atoms with Gasteiger partial charge in [0.05, 0.1) is 0 Å². The number of benzene rings is 1. The fraction of sp³-hybridized carbons (Fsp3) is 0.517. The van der Waals surface area contributed by atoms with E-state index in [0.717, 1.165) is 50.2 Å². The van der Waals surface area contributed by atoms with Gasteiger partial charge in [-0.3, -0.25) is 19.3 Å². The number of unbranched alkanes of at least 4 members (excludes halogenated alkanes) is 1. The standard InChI is InChI=1S/C29H38N4O4/c1-2-26(35)32-24-11-5-4-10-23(24)27(29(36)37)33-18-15-20(16-19-33)25(34)12-6-3-9-22-14-13-21-8-7-17-30-28(21)31-22/h4-5,10-11,13-14,20,27H,2-3,6-9,12,15-19H2,1H3,(H,30,31)(H,32,35)(H,36,37). The van der Waals surface area contributed by atoms with Crippen molar-refractivity contribution in [3.05, 3.63) is 53.2 Å². The van der Waals surface area contributed by atoms with E-state index in [0.29, 0.717) is 50.0 Å². The highest BCUT2D eigenvalue weighted by Gasteiger charge is 2.34. The lowest BCUT2D eigenvalue weighted by Crippen LogP contribution is -2.42. The molecular formula is C29H38N4O4. The maximum Gasteiger partial charge on any atom is 0.325 e. The maximum absolute atomic E-state index is 12.9. The van der Waals surface area contributed by atoms with E-state index in [1.54, 1.807) is 31.2 Å². The van der Waals surface area contributed by atoms with Crippen molar-refractivity contribution in [2.24, 2.45) is 5.92 Å². The number of carbonyl (C=O) groups is 3. The first kappa shape index (κ1) is 26.8. The number of piperidine rings is 1. The number of amides is 1. The average molecular weight is 507 g/mol. The largest absolute Gasteiger partial charge is 0.480 e. The summed E-state index contributed by atoms with van der Waals surface area (Å²) in [5.74, 6) is 0.171. The molecule has 37 heavy (non-hydrogen) atoms. The molecule has 8 heteroatoms. The minimum Gasteiger partial charge on any atom is -0.480 e. The predicted molar refractivity (Wildman–Crippen MR) is 144 cm³/mol. The van der Waals surface area contributed by atoms with Crippen LogP contribution in [0.15, 0.2) is 36.4 Å². The summed E-state index contributed by atoms with van der Waals surface area (Å²) in [5, 5.41) is 16.2. The van der Waals surface area contributed by atoms with E-state index in [9.17, 15) is 19.5 Å². The molecule has 0 aliphatic carbocycles. The molecular weight excluding hydrogens is 468 g/mol. The molecule has 0 bridgehead atoms. The van der Waals surface area contributed by atoms with Crippen LogP contribution in [0.4, 0.5) is 11.5 Å². The SMILES string of the molecule is CCC(=O)Nc1ccccc1C(C(=O)O)N1CCC(C(=O)CCCCc2ccc3c(n2)NCCC3)CC1. The van der Waals surface area contributed by atoms with Crippen molar-refractivity contribution in [3.8, 4) is 0 Å². The van der Waals surface area contributed by atoms with Gasteiger partial charge in [0.15, 0.2) is 0 Å². The van der Waals surface area contributed by atoms with E-state index in [4.69, 9.17) is 4.98 Å². The second kappa shape index (κ2) is 12.8. The maximum atomic E-state index is 12.9. The number of fused-ring (bicyclic) bond motifs is 1. The lowest BCUT2D eigenvalue weighted by molar-refractivity contribution is -0.144. The van der Waals surface area contributed by atoms with Gasteiger partial charge in [-0.25, -0.2) is 4.98 Å². The van der Waals surface area contributed by atoms with Gasteiger partial charge >= 0.3 is 5.97 Å². The molecule has 0 radical (unpaired) electrons. The lowest BCUT2D eigenvalue weighted by atomic mass is 9.88. The van der Waals surface area contributed by atoms with E-state index in [-0.39, 0.29) is 17.6 Å². The molecule has 0 saturated carbocycles. The third kappa shape index (κ3) is 6.95. The summed E-state index contributed by atoms with van der Waals surface area (Å²) in [6.07, 6.45) is 7.06. The average Bonchev–Trinajstić information content (AvgIpc) is 2.92. The number of nitrogens with zero attached hydrogens (tertiary/aromatic N) is 2. The quantitative estimate of drug-likeness (QED) is 0.382. The molecule has 1 unspecified atom stereocenters. The normalized spacial score (nSPS) is 16.9. The minimum absolute atomic E-state index is 0.0215. The van der Waals surface area contributed by atoms with Crippen LogP contribution in [0, 0.1) is 5.92 Å². The number of hydrogen-bond acceptors (Lipinski definition) is 6. The van der Waals surface area contributed by atoms with E-state index in [1.165, 1.54) is 5.56 Å².